The predicted molar refractivity (Wildman–Crippen MR) is 96.4 cm³/mol. The lowest BCUT2D eigenvalue weighted by atomic mass is 9.98. The van der Waals surface area contributed by atoms with Gasteiger partial charge in [0.25, 0.3) is 0 Å². The molecular formula is C15H30Cl2N4O2. The lowest BCUT2D eigenvalue weighted by Crippen LogP contribution is -2.53. The van der Waals surface area contributed by atoms with Crippen molar-refractivity contribution in [2.24, 2.45) is 5.92 Å². The zero-order chi connectivity index (χ0) is 15.4. The zero-order valence-electron chi connectivity index (χ0n) is 14.2. The molecule has 3 atom stereocenters. The van der Waals surface area contributed by atoms with Gasteiger partial charge < -0.3 is 20.4 Å². The first-order valence-corrected chi connectivity index (χ1v) is 7.93. The first-order chi connectivity index (χ1) is 9.97. The van der Waals surface area contributed by atoms with Crippen LogP contribution in [-0.2, 0) is 9.59 Å². The first kappa shape index (κ1) is 22.4. The molecule has 2 saturated heterocycles. The number of hydrogen-bond donors (Lipinski definition) is 2. The molecule has 2 fully saturated rings. The Morgan fingerprint density at radius 2 is 2.09 bits per heavy atom. The van der Waals surface area contributed by atoms with Gasteiger partial charge in [0.2, 0.25) is 11.8 Å². The summed E-state index contributed by atoms with van der Waals surface area (Å²) in [4.78, 5) is 28.2. The van der Waals surface area contributed by atoms with E-state index in [1.54, 1.807) is 0 Å². The van der Waals surface area contributed by atoms with Gasteiger partial charge in [-0.05, 0) is 40.4 Å². The van der Waals surface area contributed by atoms with Crippen molar-refractivity contribution in [2.45, 2.75) is 38.3 Å². The van der Waals surface area contributed by atoms with E-state index in [-0.39, 0.29) is 48.6 Å². The molecule has 0 saturated carbocycles. The number of carbonyl (C=O) groups excluding carboxylic acids is 2. The molecular weight excluding hydrogens is 339 g/mol. The van der Waals surface area contributed by atoms with Gasteiger partial charge in [-0.1, -0.05) is 0 Å². The number of rotatable bonds is 5. The molecule has 2 rings (SSSR count). The molecule has 2 aliphatic heterocycles. The van der Waals surface area contributed by atoms with Gasteiger partial charge >= 0.3 is 0 Å². The summed E-state index contributed by atoms with van der Waals surface area (Å²) >= 11 is 0. The summed E-state index contributed by atoms with van der Waals surface area (Å²) < 4.78 is 0. The van der Waals surface area contributed by atoms with Crippen molar-refractivity contribution in [3.63, 3.8) is 0 Å². The highest BCUT2D eigenvalue weighted by Gasteiger charge is 2.35. The summed E-state index contributed by atoms with van der Waals surface area (Å²) in [5.74, 6) is -0.0446. The number of nitrogens with one attached hydrogen (secondary N) is 2. The van der Waals surface area contributed by atoms with E-state index >= 15 is 0 Å². The summed E-state index contributed by atoms with van der Waals surface area (Å²) in [6, 6.07) is 0.502. The topological polar surface area (TPSA) is 64.7 Å². The average molecular weight is 369 g/mol. The third-order valence-electron chi connectivity index (χ3n) is 4.49. The van der Waals surface area contributed by atoms with Crippen LogP contribution in [0.15, 0.2) is 0 Å². The maximum absolute atomic E-state index is 12.4. The third kappa shape index (κ3) is 6.45. The van der Waals surface area contributed by atoms with E-state index in [4.69, 9.17) is 0 Å². The Balaban J connectivity index is 0.00000242. The number of halogens is 2. The Bertz CT molecular complexity index is 396. The Labute approximate surface area is 151 Å². The van der Waals surface area contributed by atoms with Gasteiger partial charge in [-0.3, -0.25) is 9.59 Å². The molecule has 2 aliphatic rings. The standard InChI is InChI=1S/C15H28N4O2.2ClH/c1-11-13(5-4-6-16-11)17-15(21)12-9-14(20)19(10-12)8-7-18(2)3;;/h11-13,16H,4-10H2,1-3H3,(H,17,21);2*1H. The smallest absolute Gasteiger partial charge is 0.225 e. The number of carbonyl (C=O) groups is 2. The van der Waals surface area contributed by atoms with E-state index < -0.39 is 0 Å². The highest BCUT2D eigenvalue weighted by molar-refractivity contribution is 5.89. The van der Waals surface area contributed by atoms with Gasteiger partial charge in [0.05, 0.1) is 5.92 Å². The number of nitrogens with zero attached hydrogens (tertiary/aromatic N) is 2. The molecule has 0 radical (unpaired) electrons. The van der Waals surface area contributed by atoms with E-state index in [2.05, 4.69) is 22.5 Å². The van der Waals surface area contributed by atoms with Crippen molar-refractivity contribution in [2.75, 3.05) is 40.3 Å². The number of amides is 2. The Kier molecular flexibility index (Phi) is 10.1. The number of piperidine rings is 1. The van der Waals surface area contributed by atoms with Crippen LogP contribution in [0.4, 0.5) is 0 Å². The normalized spacial score (nSPS) is 27.4. The van der Waals surface area contributed by atoms with Crippen LogP contribution in [0.25, 0.3) is 0 Å². The second kappa shape index (κ2) is 10.3. The fraction of sp³-hybridized carbons (Fsp3) is 0.867. The second-order valence-electron chi connectivity index (χ2n) is 6.54. The molecule has 0 spiro atoms. The van der Waals surface area contributed by atoms with Crippen LogP contribution >= 0.6 is 24.8 Å². The van der Waals surface area contributed by atoms with Crippen molar-refractivity contribution in [1.29, 1.82) is 0 Å². The summed E-state index contributed by atoms with van der Waals surface area (Å²) in [7, 11) is 3.98. The van der Waals surface area contributed by atoms with Crippen LogP contribution in [0, 0.1) is 5.92 Å². The van der Waals surface area contributed by atoms with Gasteiger partial charge in [-0.25, -0.2) is 0 Å². The van der Waals surface area contributed by atoms with Gasteiger partial charge in [-0.2, -0.15) is 0 Å². The molecule has 0 aromatic heterocycles. The fourth-order valence-corrected chi connectivity index (χ4v) is 3.03. The molecule has 2 N–H and O–H groups in total. The van der Waals surface area contributed by atoms with E-state index in [0.717, 1.165) is 25.9 Å². The van der Waals surface area contributed by atoms with Crippen molar-refractivity contribution in [3.8, 4) is 0 Å². The molecule has 6 nitrogen and oxygen atoms in total. The monoisotopic (exact) mass is 368 g/mol. The van der Waals surface area contributed by atoms with E-state index in [0.29, 0.717) is 25.6 Å². The predicted octanol–water partition coefficient (Wildman–Crippen LogP) is 0.497. The van der Waals surface area contributed by atoms with Crippen molar-refractivity contribution in [3.05, 3.63) is 0 Å². The van der Waals surface area contributed by atoms with Gasteiger partial charge in [0.1, 0.15) is 0 Å². The van der Waals surface area contributed by atoms with Crippen LogP contribution < -0.4 is 10.6 Å². The Hall–Kier alpha value is -0.560. The van der Waals surface area contributed by atoms with Crippen molar-refractivity contribution in [1.82, 2.24) is 20.4 Å². The van der Waals surface area contributed by atoms with Crippen LogP contribution in [-0.4, -0.2) is 74.0 Å². The third-order valence-corrected chi connectivity index (χ3v) is 4.49. The highest BCUT2D eigenvalue weighted by atomic mass is 35.5. The second-order valence-corrected chi connectivity index (χ2v) is 6.54. The Morgan fingerprint density at radius 3 is 2.70 bits per heavy atom. The van der Waals surface area contributed by atoms with Crippen molar-refractivity contribution >= 4 is 36.6 Å². The fourth-order valence-electron chi connectivity index (χ4n) is 3.03. The minimum atomic E-state index is -0.186. The SMILES string of the molecule is CC1NCCCC1NC(=O)C1CC(=O)N(CCN(C)C)C1.Cl.Cl. The summed E-state index contributed by atoms with van der Waals surface area (Å²) in [5, 5.41) is 6.51. The van der Waals surface area contributed by atoms with E-state index in [1.165, 1.54) is 0 Å². The van der Waals surface area contributed by atoms with Crippen LogP contribution in [0.2, 0.25) is 0 Å². The van der Waals surface area contributed by atoms with Crippen molar-refractivity contribution < 1.29 is 9.59 Å². The molecule has 8 heteroatoms. The minimum absolute atomic E-state index is 0. The number of likely N-dealkylation sites (tertiary alicyclic amines) is 1. The van der Waals surface area contributed by atoms with Gasteiger partial charge in [-0.15, -0.1) is 24.8 Å². The first-order valence-electron chi connectivity index (χ1n) is 7.93. The summed E-state index contributed by atoms with van der Waals surface area (Å²) in [5.41, 5.74) is 0. The number of likely N-dealkylation sites (N-methyl/N-ethyl adjacent to an activating group) is 1. The van der Waals surface area contributed by atoms with Gasteiger partial charge in [0, 0.05) is 38.1 Å². The average Bonchev–Trinajstić information content (AvgIpc) is 2.80. The number of hydrogen-bond acceptors (Lipinski definition) is 4. The summed E-state index contributed by atoms with van der Waals surface area (Å²) in [6.07, 6.45) is 2.46. The molecule has 0 aromatic carbocycles. The molecule has 23 heavy (non-hydrogen) atoms. The molecule has 3 unspecified atom stereocenters. The lowest BCUT2D eigenvalue weighted by Gasteiger charge is -2.31. The summed E-state index contributed by atoms with van der Waals surface area (Å²) in [6.45, 7) is 5.23. The van der Waals surface area contributed by atoms with Gasteiger partial charge in [0.15, 0.2) is 0 Å². The molecule has 2 amide bonds. The molecule has 0 aliphatic carbocycles. The molecule has 2 heterocycles. The molecule has 0 aromatic rings. The highest BCUT2D eigenvalue weighted by Crippen LogP contribution is 2.19. The maximum atomic E-state index is 12.4. The van der Waals surface area contributed by atoms with Crippen LogP contribution in [0.3, 0.4) is 0 Å². The minimum Gasteiger partial charge on any atom is -0.352 e. The largest absolute Gasteiger partial charge is 0.352 e. The Morgan fingerprint density at radius 1 is 1.39 bits per heavy atom. The van der Waals surface area contributed by atoms with Crippen LogP contribution in [0.5, 0.6) is 0 Å². The van der Waals surface area contributed by atoms with E-state index in [9.17, 15) is 9.59 Å². The zero-order valence-corrected chi connectivity index (χ0v) is 15.8. The molecule has 0 bridgehead atoms. The van der Waals surface area contributed by atoms with E-state index in [1.807, 2.05) is 19.0 Å². The lowest BCUT2D eigenvalue weighted by molar-refractivity contribution is -0.129. The maximum Gasteiger partial charge on any atom is 0.225 e. The molecule has 136 valence electrons. The van der Waals surface area contributed by atoms with Crippen LogP contribution in [0.1, 0.15) is 26.2 Å². The quantitative estimate of drug-likeness (QED) is 0.741.